The molecule has 0 aliphatic carbocycles. The predicted octanol–water partition coefficient (Wildman–Crippen LogP) is 2.51. The maximum Gasteiger partial charge on any atom is 0.205 e. The number of para-hydroxylation sites is 1. The van der Waals surface area contributed by atoms with Gasteiger partial charge in [-0.15, -0.1) is 5.10 Å². The first-order chi connectivity index (χ1) is 13.8. The van der Waals surface area contributed by atoms with Crippen molar-refractivity contribution in [1.82, 2.24) is 25.0 Å². The summed E-state index contributed by atoms with van der Waals surface area (Å²) >= 11 is 0. The first-order valence-electron chi connectivity index (χ1n) is 8.72. The Morgan fingerprint density at radius 1 is 1.00 bits per heavy atom. The van der Waals surface area contributed by atoms with Crippen LogP contribution in [-0.4, -0.2) is 52.8 Å². The van der Waals surface area contributed by atoms with Gasteiger partial charge in [-0.3, -0.25) is 0 Å². The summed E-state index contributed by atoms with van der Waals surface area (Å²) in [6, 6.07) is 9.69. The van der Waals surface area contributed by atoms with Crippen LogP contribution in [0.4, 0.5) is 5.82 Å². The van der Waals surface area contributed by atoms with Crippen LogP contribution >= 0.6 is 0 Å². The topological polar surface area (TPSA) is 96.2 Å². The minimum absolute atomic E-state index is 0.497. The Bertz CT molecular complexity index is 1130. The van der Waals surface area contributed by atoms with Crippen molar-refractivity contribution >= 4 is 27.8 Å². The van der Waals surface area contributed by atoms with Gasteiger partial charge in [0.15, 0.2) is 11.5 Å². The number of nitrogens with one attached hydrogen (secondary N) is 1. The van der Waals surface area contributed by atoms with E-state index in [-0.39, 0.29) is 0 Å². The van der Waals surface area contributed by atoms with E-state index in [0.717, 1.165) is 16.4 Å². The summed E-state index contributed by atoms with van der Waals surface area (Å²) < 4.78 is 18.2. The van der Waals surface area contributed by atoms with Gasteiger partial charge in [0.25, 0.3) is 0 Å². The average Bonchev–Trinajstić information content (AvgIpc) is 3.15. The van der Waals surface area contributed by atoms with Crippen molar-refractivity contribution in [3.8, 4) is 17.2 Å². The van der Waals surface area contributed by atoms with Gasteiger partial charge < -0.3 is 19.5 Å². The third-order valence-corrected chi connectivity index (χ3v) is 4.47. The lowest BCUT2D eigenvalue weighted by Crippen LogP contribution is -2.13. The molecular weight excluding hydrogens is 360 g/mol. The molecule has 2 aromatic carbocycles. The molecule has 4 aromatic rings. The number of nitrogens with zero attached hydrogens (tertiary/aromatic N) is 5. The van der Waals surface area contributed by atoms with Crippen molar-refractivity contribution in [2.75, 3.05) is 33.2 Å². The van der Waals surface area contributed by atoms with Gasteiger partial charge in [0.2, 0.25) is 5.75 Å². The molecule has 144 valence electrons. The van der Waals surface area contributed by atoms with Crippen LogP contribution in [0.15, 0.2) is 36.7 Å². The van der Waals surface area contributed by atoms with Crippen LogP contribution in [0.25, 0.3) is 21.9 Å². The molecule has 0 aliphatic heterocycles. The van der Waals surface area contributed by atoms with E-state index in [1.807, 2.05) is 35.0 Å². The van der Waals surface area contributed by atoms with Crippen molar-refractivity contribution in [3.05, 3.63) is 36.7 Å². The number of anilines is 1. The zero-order chi connectivity index (χ0) is 19.5. The monoisotopic (exact) mass is 380 g/mol. The molecule has 0 saturated heterocycles. The summed E-state index contributed by atoms with van der Waals surface area (Å²) in [5.74, 6) is 2.22. The van der Waals surface area contributed by atoms with E-state index in [1.165, 1.54) is 6.33 Å². The fraction of sp³-hybridized carbons (Fsp3) is 0.263. The first kappa shape index (κ1) is 17.8. The molecule has 0 unspecified atom stereocenters. The molecule has 0 saturated carbocycles. The number of aromatic nitrogens is 5. The van der Waals surface area contributed by atoms with E-state index < -0.39 is 0 Å². The molecule has 4 rings (SSSR count). The molecule has 2 aromatic heterocycles. The van der Waals surface area contributed by atoms with Gasteiger partial charge in [-0.2, -0.15) is 0 Å². The number of ether oxygens (including phenoxy) is 3. The molecule has 2 heterocycles. The number of rotatable bonds is 7. The maximum absolute atomic E-state index is 5.51. The molecule has 9 heteroatoms. The molecule has 0 radical (unpaired) electrons. The SMILES string of the molecule is COc1cc2c(NCCn3nnc4ccccc43)ncnc2c(OC)c1OC. The van der Waals surface area contributed by atoms with E-state index in [2.05, 4.69) is 25.6 Å². The van der Waals surface area contributed by atoms with Crippen molar-refractivity contribution in [2.45, 2.75) is 6.54 Å². The van der Waals surface area contributed by atoms with E-state index >= 15 is 0 Å². The minimum Gasteiger partial charge on any atom is -0.493 e. The van der Waals surface area contributed by atoms with Crippen LogP contribution in [0.2, 0.25) is 0 Å². The molecule has 0 aliphatic rings. The molecular formula is C19H20N6O3. The predicted molar refractivity (Wildman–Crippen MR) is 105 cm³/mol. The van der Waals surface area contributed by atoms with Gasteiger partial charge in [0.05, 0.1) is 38.8 Å². The van der Waals surface area contributed by atoms with Crippen molar-refractivity contribution < 1.29 is 14.2 Å². The molecule has 0 atom stereocenters. The molecule has 28 heavy (non-hydrogen) atoms. The zero-order valence-corrected chi connectivity index (χ0v) is 15.8. The number of benzene rings is 2. The normalized spacial score (nSPS) is 11.0. The maximum atomic E-state index is 5.51. The Morgan fingerprint density at radius 3 is 2.61 bits per heavy atom. The van der Waals surface area contributed by atoms with E-state index in [9.17, 15) is 0 Å². The fourth-order valence-corrected chi connectivity index (χ4v) is 3.17. The second kappa shape index (κ2) is 7.55. The summed E-state index contributed by atoms with van der Waals surface area (Å²) in [5, 5.41) is 12.5. The summed E-state index contributed by atoms with van der Waals surface area (Å²) in [7, 11) is 4.71. The van der Waals surface area contributed by atoms with Gasteiger partial charge in [-0.25, -0.2) is 14.6 Å². The highest BCUT2D eigenvalue weighted by atomic mass is 16.5. The van der Waals surface area contributed by atoms with Crippen molar-refractivity contribution in [3.63, 3.8) is 0 Å². The third-order valence-electron chi connectivity index (χ3n) is 4.47. The fourth-order valence-electron chi connectivity index (χ4n) is 3.17. The van der Waals surface area contributed by atoms with Gasteiger partial charge in [0.1, 0.15) is 23.2 Å². The third kappa shape index (κ3) is 3.00. The molecule has 9 nitrogen and oxygen atoms in total. The second-order valence-corrected chi connectivity index (χ2v) is 5.99. The van der Waals surface area contributed by atoms with Crippen LogP contribution in [0, 0.1) is 0 Å². The van der Waals surface area contributed by atoms with Gasteiger partial charge in [-0.05, 0) is 18.2 Å². The highest BCUT2D eigenvalue weighted by molar-refractivity contribution is 5.96. The smallest absolute Gasteiger partial charge is 0.205 e. The minimum atomic E-state index is 0.497. The second-order valence-electron chi connectivity index (χ2n) is 5.99. The van der Waals surface area contributed by atoms with Crippen LogP contribution in [-0.2, 0) is 6.54 Å². The molecule has 0 spiro atoms. The Morgan fingerprint density at radius 2 is 1.82 bits per heavy atom. The molecule has 0 bridgehead atoms. The lowest BCUT2D eigenvalue weighted by Gasteiger charge is -2.15. The Hall–Kier alpha value is -3.62. The number of methoxy groups -OCH3 is 3. The van der Waals surface area contributed by atoms with E-state index in [4.69, 9.17) is 14.2 Å². The Labute approximate surface area is 161 Å². The van der Waals surface area contributed by atoms with E-state index in [0.29, 0.717) is 41.7 Å². The zero-order valence-electron chi connectivity index (χ0n) is 15.8. The van der Waals surface area contributed by atoms with Gasteiger partial charge in [0, 0.05) is 6.54 Å². The van der Waals surface area contributed by atoms with Crippen LogP contribution in [0.1, 0.15) is 0 Å². The standard InChI is InChI=1S/C19H20N6O3/c1-26-15-10-12-16(18(28-3)17(15)27-2)21-11-22-19(12)20-8-9-25-14-7-5-4-6-13(14)23-24-25/h4-7,10-11H,8-9H2,1-3H3,(H,20,21,22). The quantitative estimate of drug-likeness (QED) is 0.522. The molecule has 1 N–H and O–H groups in total. The number of hydrogen-bond acceptors (Lipinski definition) is 8. The van der Waals surface area contributed by atoms with Crippen molar-refractivity contribution in [1.29, 1.82) is 0 Å². The number of fused-ring (bicyclic) bond motifs is 2. The lowest BCUT2D eigenvalue weighted by atomic mass is 10.2. The van der Waals surface area contributed by atoms with Gasteiger partial charge in [-0.1, -0.05) is 17.3 Å². The largest absolute Gasteiger partial charge is 0.493 e. The van der Waals surface area contributed by atoms with Crippen molar-refractivity contribution in [2.24, 2.45) is 0 Å². The summed E-state index contributed by atoms with van der Waals surface area (Å²) in [5.41, 5.74) is 2.50. The summed E-state index contributed by atoms with van der Waals surface area (Å²) in [6.07, 6.45) is 1.49. The highest BCUT2D eigenvalue weighted by Crippen LogP contribution is 2.43. The average molecular weight is 380 g/mol. The number of hydrogen-bond donors (Lipinski definition) is 1. The van der Waals surface area contributed by atoms with Crippen LogP contribution in [0.5, 0.6) is 17.2 Å². The molecule has 0 fully saturated rings. The summed E-state index contributed by atoms with van der Waals surface area (Å²) in [4.78, 5) is 8.73. The molecule has 0 amide bonds. The highest BCUT2D eigenvalue weighted by Gasteiger charge is 2.19. The van der Waals surface area contributed by atoms with Gasteiger partial charge >= 0.3 is 0 Å². The summed E-state index contributed by atoms with van der Waals surface area (Å²) in [6.45, 7) is 1.24. The van der Waals surface area contributed by atoms with Crippen LogP contribution in [0.3, 0.4) is 0 Å². The Kier molecular flexibility index (Phi) is 4.79. The Balaban J connectivity index is 1.63. The first-order valence-corrected chi connectivity index (χ1v) is 8.72. The van der Waals surface area contributed by atoms with E-state index in [1.54, 1.807) is 21.3 Å². The van der Waals surface area contributed by atoms with Crippen LogP contribution < -0.4 is 19.5 Å². The lowest BCUT2D eigenvalue weighted by molar-refractivity contribution is 0.327.